The van der Waals surface area contributed by atoms with Crippen molar-refractivity contribution in [3.8, 4) is 0 Å². The summed E-state index contributed by atoms with van der Waals surface area (Å²) < 4.78 is 40.7. The molecule has 0 saturated carbocycles. The zero-order valence-electron chi connectivity index (χ0n) is 17.3. The Morgan fingerprint density at radius 1 is 0.750 bits per heavy atom. The van der Waals surface area contributed by atoms with Crippen LogP contribution >= 0.6 is 0 Å². The van der Waals surface area contributed by atoms with Crippen molar-refractivity contribution in [2.75, 3.05) is 19.0 Å². The summed E-state index contributed by atoms with van der Waals surface area (Å²) in [5, 5.41) is 0. The van der Waals surface area contributed by atoms with Gasteiger partial charge in [0.2, 0.25) is 0 Å². The molecular formula is C19H33NaO7S. The van der Waals surface area contributed by atoms with Crippen LogP contribution in [0.4, 0.5) is 0 Å². The SMILES string of the molecule is CCCCCCCCCCCCOC(=O)/C=C\C(=O)OCCCS(=O)(=O)[O-].[Na+]. The third-order valence-electron chi connectivity index (χ3n) is 3.88. The molecule has 9 heteroatoms. The van der Waals surface area contributed by atoms with E-state index in [0.717, 1.165) is 31.4 Å². The van der Waals surface area contributed by atoms with Crippen LogP contribution in [0.2, 0.25) is 0 Å². The summed E-state index contributed by atoms with van der Waals surface area (Å²) in [5.74, 6) is -2.00. The Balaban J connectivity index is 0. The number of esters is 2. The molecule has 0 aromatic rings. The molecule has 0 rings (SSSR count). The van der Waals surface area contributed by atoms with Crippen LogP contribution in [0.25, 0.3) is 0 Å². The van der Waals surface area contributed by atoms with Gasteiger partial charge in [-0.05, 0) is 12.8 Å². The maximum atomic E-state index is 11.4. The predicted octanol–water partition coefficient (Wildman–Crippen LogP) is 0.489. The summed E-state index contributed by atoms with van der Waals surface area (Å²) in [6.07, 6.45) is 13.8. The van der Waals surface area contributed by atoms with Crippen LogP contribution in [0.15, 0.2) is 12.2 Å². The smallest absolute Gasteiger partial charge is 0.748 e. The zero-order chi connectivity index (χ0) is 20.4. The molecule has 0 bridgehead atoms. The van der Waals surface area contributed by atoms with Crippen molar-refractivity contribution in [3.05, 3.63) is 12.2 Å². The van der Waals surface area contributed by atoms with Crippen molar-refractivity contribution in [1.29, 1.82) is 0 Å². The van der Waals surface area contributed by atoms with Crippen LogP contribution in [0.5, 0.6) is 0 Å². The maximum absolute atomic E-state index is 11.4. The normalized spacial score (nSPS) is 11.2. The largest absolute Gasteiger partial charge is 1.00 e. The Hall–Kier alpha value is -0.410. The Morgan fingerprint density at radius 2 is 1.14 bits per heavy atom. The standard InChI is InChI=1S/C19H34O7S.Na/c1-2-3-4-5-6-7-8-9-10-11-15-25-18(20)13-14-19(21)26-16-12-17-27(22,23)24;/h13-14H,2-12,15-17H2,1H3,(H,22,23,24);/q;+1/p-1/b14-13-;. The predicted molar refractivity (Wildman–Crippen MR) is 102 cm³/mol. The number of unbranched alkanes of at least 4 members (excludes halogenated alkanes) is 9. The molecule has 158 valence electrons. The Bertz CT molecular complexity index is 532. The number of carbonyl (C=O) groups is 2. The van der Waals surface area contributed by atoms with Crippen LogP contribution in [0, 0.1) is 0 Å². The first-order valence-corrected chi connectivity index (χ1v) is 11.4. The van der Waals surface area contributed by atoms with Gasteiger partial charge >= 0.3 is 41.5 Å². The number of hydrogen-bond donors (Lipinski definition) is 0. The fourth-order valence-electron chi connectivity index (χ4n) is 2.40. The summed E-state index contributed by atoms with van der Waals surface area (Å²) in [6.45, 7) is 2.33. The van der Waals surface area contributed by atoms with E-state index in [-0.39, 0.29) is 42.6 Å². The topological polar surface area (TPSA) is 110 Å². The van der Waals surface area contributed by atoms with Gasteiger partial charge in [-0.25, -0.2) is 18.0 Å². The molecule has 0 N–H and O–H groups in total. The zero-order valence-corrected chi connectivity index (χ0v) is 20.1. The minimum absolute atomic E-state index is 0. The molecule has 0 aromatic heterocycles. The summed E-state index contributed by atoms with van der Waals surface area (Å²) in [4.78, 5) is 22.7. The van der Waals surface area contributed by atoms with Gasteiger partial charge in [0.15, 0.2) is 0 Å². The van der Waals surface area contributed by atoms with E-state index in [9.17, 15) is 22.6 Å². The molecule has 0 aromatic carbocycles. The molecule has 0 unspecified atom stereocenters. The van der Waals surface area contributed by atoms with Crippen LogP contribution in [0.3, 0.4) is 0 Å². The van der Waals surface area contributed by atoms with Gasteiger partial charge in [-0.3, -0.25) is 0 Å². The average Bonchev–Trinajstić information content (AvgIpc) is 2.60. The minimum atomic E-state index is -4.31. The number of rotatable bonds is 17. The fourth-order valence-corrected chi connectivity index (χ4v) is 2.87. The molecule has 0 saturated heterocycles. The van der Waals surface area contributed by atoms with E-state index in [1.165, 1.54) is 44.9 Å². The van der Waals surface area contributed by atoms with Crippen LogP contribution in [-0.2, 0) is 29.2 Å². The van der Waals surface area contributed by atoms with Gasteiger partial charge in [0.05, 0.1) is 23.3 Å². The molecule has 0 heterocycles. The minimum Gasteiger partial charge on any atom is -0.748 e. The quantitative estimate of drug-likeness (QED) is 0.109. The van der Waals surface area contributed by atoms with Gasteiger partial charge in [0.1, 0.15) is 0 Å². The van der Waals surface area contributed by atoms with Crippen molar-refractivity contribution in [3.63, 3.8) is 0 Å². The van der Waals surface area contributed by atoms with Crippen molar-refractivity contribution >= 4 is 22.1 Å². The van der Waals surface area contributed by atoms with Gasteiger partial charge in [0, 0.05) is 17.9 Å². The molecule has 28 heavy (non-hydrogen) atoms. The maximum Gasteiger partial charge on any atom is 1.00 e. The number of hydrogen-bond acceptors (Lipinski definition) is 7. The number of carbonyl (C=O) groups excluding carboxylic acids is 2. The van der Waals surface area contributed by atoms with Crippen LogP contribution < -0.4 is 29.6 Å². The molecule has 0 radical (unpaired) electrons. The molecule has 7 nitrogen and oxygen atoms in total. The summed E-state index contributed by atoms with van der Waals surface area (Å²) in [5.41, 5.74) is 0. The van der Waals surface area contributed by atoms with E-state index in [1.807, 2.05) is 0 Å². The molecule has 0 fully saturated rings. The van der Waals surface area contributed by atoms with Crippen molar-refractivity contribution < 1.29 is 61.6 Å². The van der Waals surface area contributed by atoms with Crippen molar-refractivity contribution in [1.82, 2.24) is 0 Å². The van der Waals surface area contributed by atoms with Crippen LogP contribution in [-0.4, -0.2) is 43.9 Å². The van der Waals surface area contributed by atoms with Gasteiger partial charge < -0.3 is 14.0 Å². The van der Waals surface area contributed by atoms with E-state index < -0.39 is 27.8 Å². The molecule has 0 spiro atoms. The van der Waals surface area contributed by atoms with Crippen LogP contribution in [0.1, 0.15) is 77.6 Å². The first-order chi connectivity index (χ1) is 12.8. The third-order valence-corrected chi connectivity index (χ3v) is 4.67. The van der Waals surface area contributed by atoms with Gasteiger partial charge in [-0.1, -0.05) is 64.7 Å². The Labute approximate surface area is 191 Å². The first-order valence-electron chi connectivity index (χ1n) is 9.80. The fraction of sp³-hybridized carbons (Fsp3) is 0.789. The average molecular weight is 429 g/mol. The van der Waals surface area contributed by atoms with E-state index in [0.29, 0.717) is 6.61 Å². The molecule has 0 atom stereocenters. The molecule has 0 aliphatic rings. The van der Waals surface area contributed by atoms with Gasteiger partial charge in [-0.15, -0.1) is 0 Å². The number of ether oxygens (including phenoxy) is 2. The second kappa shape index (κ2) is 19.9. The first kappa shape index (κ1) is 29.8. The van der Waals surface area contributed by atoms with Gasteiger partial charge in [0.25, 0.3) is 0 Å². The Morgan fingerprint density at radius 3 is 1.57 bits per heavy atom. The molecule has 0 amide bonds. The van der Waals surface area contributed by atoms with E-state index in [4.69, 9.17) is 4.74 Å². The van der Waals surface area contributed by atoms with Gasteiger partial charge in [-0.2, -0.15) is 0 Å². The molecular weight excluding hydrogens is 395 g/mol. The monoisotopic (exact) mass is 428 g/mol. The van der Waals surface area contributed by atoms with E-state index in [1.54, 1.807) is 0 Å². The Kier molecular flexibility index (Phi) is 21.2. The summed E-state index contributed by atoms with van der Waals surface area (Å²) in [7, 11) is -4.31. The third kappa shape index (κ3) is 23.6. The van der Waals surface area contributed by atoms with E-state index in [2.05, 4.69) is 11.7 Å². The van der Waals surface area contributed by atoms with Crippen molar-refractivity contribution in [2.45, 2.75) is 77.6 Å². The van der Waals surface area contributed by atoms with Crippen molar-refractivity contribution in [2.24, 2.45) is 0 Å². The second-order valence-electron chi connectivity index (χ2n) is 6.47. The summed E-state index contributed by atoms with van der Waals surface area (Å²) >= 11 is 0. The second-order valence-corrected chi connectivity index (χ2v) is 7.99. The summed E-state index contributed by atoms with van der Waals surface area (Å²) in [6, 6.07) is 0. The molecule has 0 aliphatic heterocycles. The molecule has 0 aliphatic carbocycles. The van der Waals surface area contributed by atoms with E-state index >= 15 is 0 Å².